The number of piperidine rings is 1. The molecule has 2 heterocycles. The number of rotatable bonds is 5. The zero-order valence-electron chi connectivity index (χ0n) is 14.0. The summed E-state index contributed by atoms with van der Waals surface area (Å²) in [7, 11) is 1.56. The van der Waals surface area contributed by atoms with Gasteiger partial charge < -0.3 is 20.3 Å². The SMILES string of the molecule is COc1cc(CNC(=O)NC2CCN(C(=O)C3CC3)CC2)ccn1. The molecule has 0 atom stereocenters. The molecule has 2 fully saturated rings. The highest BCUT2D eigenvalue weighted by Crippen LogP contribution is 2.31. The lowest BCUT2D eigenvalue weighted by Gasteiger charge is -2.32. The number of urea groups is 1. The summed E-state index contributed by atoms with van der Waals surface area (Å²) in [4.78, 5) is 30.0. The number of nitrogens with one attached hydrogen (secondary N) is 2. The number of hydrogen-bond donors (Lipinski definition) is 2. The monoisotopic (exact) mass is 332 g/mol. The van der Waals surface area contributed by atoms with E-state index in [1.807, 2.05) is 11.0 Å². The first-order valence-electron chi connectivity index (χ1n) is 8.48. The van der Waals surface area contributed by atoms with Gasteiger partial charge >= 0.3 is 6.03 Å². The third-order valence-corrected chi connectivity index (χ3v) is 4.53. The van der Waals surface area contributed by atoms with E-state index in [2.05, 4.69) is 15.6 Å². The molecule has 1 aromatic rings. The molecule has 1 aliphatic carbocycles. The maximum atomic E-state index is 12.0. The van der Waals surface area contributed by atoms with Crippen molar-refractivity contribution in [3.8, 4) is 5.88 Å². The Morgan fingerprint density at radius 3 is 2.71 bits per heavy atom. The Hall–Kier alpha value is -2.31. The molecule has 7 heteroatoms. The van der Waals surface area contributed by atoms with Crippen LogP contribution in [0.15, 0.2) is 18.3 Å². The Balaban J connectivity index is 1.38. The molecule has 1 aromatic heterocycles. The van der Waals surface area contributed by atoms with Crippen molar-refractivity contribution in [2.45, 2.75) is 38.3 Å². The number of ether oxygens (including phenoxy) is 1. The van der Waals surface area contributed by atoms with Gasteiger partial charge in [0.2, 0.25) is 11.8 Å². The molecule has 3 rings (SSSR count). The third-order valence-electron chi connectivity index (χ3n) is 4.53. The van der Waals surface area contributed by atoms with E-state index in [0.29, 0.717) is 18.3 Å². The van der Waals surface area contributed by atoms with Crippen LogP contribution in [0.3, 0.4) is 0 Å². The lowest BCUT2D eigenvalue weighted by Crippen LogP contribution is -2.49. The van der Waals surface area contributed by atoms with Gasteiger partial charge in [0, 0.05) is 43.9 Å². The van der Waals surface area contributed by atoms with Crippen LogP contribution in [0.4, 0.5) is 4.79 Å². The van der Waals surface area contributed by atoms with Crippen LogP contribution in [0.25, 0.3) is 0 Å². The minimum Gasteiger partial charge on any atom is -0.481 e. The van der Waals surface area contributed by atoms with Gasteiger partial charge in [-0.25, -0.2) is 9.78 Å². The van der Waals surface area contributed by atoms with Gasteiger partial charge in [-0.3, -0.25) is 4.79 Å². The standard InChI is InChI=1S/C17H24N4O3/c1-24-15-10-12(4-7-18-15)11-19-17(23)20-14-5-8-21(9-6-14)16(22)13-2-3-13/h4,7,10,13-14H,2-3,5-6,8-9,11H2,1H3,(H2,19,20,23). The summed E-state index contributed by atoms with van der Waals surface area (Å²) in [5.74, 6) is 1.10. The van der Waals surface area contributed by atoms with Crippen LogP contribution in [0.2, 0.25) is 0 Å². The lowest BCUT2D eigenvalue weighted by molar-refractivity contribution is -0.133. The Kier molecular flexibility index (Phi) is 5.17. The highest BCUT2D eigenvalue weighted by molar-refractivity contribution is 5.81. The van der Waals surface area contributed by atoms with E-state index in [9.17, 15) is 9.59 Å². The number of nitrogens with zero attached hydrogens (tertiary/aromatic N) is 2. The minimum atomic E-state index is -0.183. The second-order valence-electron chi connectivity index (χ2n) is 6.41. The molecule has 0 radical (unpaired) electrons. The van der Waals surface area contributed by atoms with Gasteiger partial charge in [0.1, 0.15) is 0 Å². The molecule has 1 saturated heterocycles. The fraction of sp³-hybridized carbons (Fsp3) is 0.588. The van der Waals surface area contributed by atoms with Crippen molar-refractivity contribution < 1.29 is 14.3 Å². The Morgan fingerprint density at radius 2 is 2.04 bits per heavy atom. The van der Waals surface area contributed by atoms with Crippen LogP contribution in [0.1, 0.15) is 31.2 Å². The zero-order chi connectivity index (χ0) is 16.9. The molecular formula is C17H24N4O3. The molecular weight excluding hydrogens is 308 g/mol. The Labute approximate surface area is 141 Å². The van der Waals surface area contributed by atoms with Gasteiger partial charge in [-0.1, -0.05) is 0 Å². The molecule has 0 bridgehead atoms. The van der Waals surface area contributed by atoms with Crippen LogP contribution in [0, 0.1) is 5.92 Å². The molecule has 24 heavy (non-hydrogen) atoms. The second kappa shape index (κ2) is 7.51. The summed E-state index contributed by atoms with van der Waals surface area (Å²) in [5.41, 5.74) is 0.932. The van der Waals surface area contributed by atoms with E-state index < -0.39 is 0 Å². The average Bonchev–Trinajstić information content (AvgIpc) is 3.45. The summed E-state index contributed by atoms with van der Waals surface area (Å²) in [5, 5.41) is 5.83. The fourth-order valence-electron chi connectivity index (χ4n) is 2.92. The third kappa shape index (κ3) is 4.37. The first-order chi connectivity index (χ1) is 11.7. The summed E-state index contributed by atoms with van der Waals surface area (Å²) >= 11 is 0. The number of methoxy groups -OCH3 is 1. The summed E-state index contributed by atoms with van der Waals surface area (Å²) in [6.07, 6.45) is 5.36. The first kappa shape index (κ1) is 16.5. The minimum absolute atomic E-state index is 0.125. The molecule has 0 aromatic carbocycles. The maximum absolute atomic E-state index is 12.0. The topological polar surface area (TPSA) is 83.6 Å². The van der Waals surface area contributed by atoms with Crippen LogP contribution < -0.4 is 15.4 Å². The smallest absolute Gasteiger partial charge is 0.315 e. The van der Waals surface area contributed by atoms with Crippen LogP contribution in [0.5, 0.6) is 5.88 Å². The summed E-state index contributed by atoms with van der Waals surface area (Å²) < 4.78 is 5.06. The molecule has 3 amide bonds. The van der Waals surface area contributed by atoms with Gasteiger partial charge in [-0.2, -0.15) is 0 Å². The lowest BCUT2D eigenvalue weighted by atomic mass is 10.0. The molecule has 0 unspecified atom stereocenters. The molecule has 7 nitrogen and oxygen atoms in total. The van der Waals surface area contributed by atoms with Crippen molar-refractivity contribution >= 4 is 11.9 Å². The van der Waals surface area contributed by atoms with Crippen molar-refractivity contribution in [1.29, 1.82) is 0 Å². The zero-order valence-corrected chi connectivity index (χ0v) is 14.0. The van der Waals surface area contributed by atoms with E-state index in [4.69, 9.17) is 4.74 Å². The number of hydrogen-bond acceptors (Lipinski definition) is 4. The van der Waals surface area contributed by atoms with E-state index in [1.165, 1.54) is 0 Å². The molecule has 2 N–H and O–H groups in total. The molecule has 130 valence electrons. The van der Waals surface area contributed by atoms with E-state index in [1.54, 1.807) is 19.4 Å². The average molecular weight is 332 g/mol. The van der Waals surface area contributed by atoms with Crippen LogP contribution in [-0.4, -0.2) is 48.1 Å². The van der Waals surface area contributed by atoms with Crippen molar-refractivity contribution in [3.63, 3.8) is 0 Å². The van der Waals surface area contributed by atoms with Crippen molar-refractivity contribution in [3.05, 3.63) is 23.9 Å². The van der Waals surface area contributed by atoms with Gasteiger partial charge in [0.05, 0.1) is 7.11 Å². The van der Waals surface area contributed by atoms with Crippen LogP contribution >= 0.6 is 0 Å². The van der Waals surface area contributed by atoms with Gasteiger partial charge in [0.25, 0.3) is 0 Å². The van der Waals surface area contributed by atoms with Crippen molar-refractivity contribution in [2.24, 2.45) is 5.92 Å². The van der Waals surface area contributed by atoms with E-state index in [-0.39, 0.29) is 18.0 Å². The molecule has 1 aliphatic heterocycles. The predicted molar refractivity (Wildman–Crippen MR) is 88.5 cm³/mol. The van der Waals surface area contributed by atoms with Crippen molar-refractivity contribution in [2.75, 3.05) is 20.2 Å². The normalized spacial score (nSPS) is 18.1. The summed E-state index contributed by atoms with van der Waals surface area (Å²) in [6.45, 7) is 1.90. The Morgan fingerprint density at radius 1 is 1.29 bits per heavy atom. The van der Waals surface area contributed by atoms with E-state index in [0.717, 1.165) is 44.3 Å². The van der Waals surface area contributed by atoms with Crippen molar-refractivity contribution in [1.82, 2.24) is 20.5 Å². The number of carbonyl (C=O) groups excluding carboxylic acids is 2. The largest absolute Gasteiger partial charge is 0.481 e. The quantitative estimate of drug-likeness (QED) is 0.851. The maximum Gasteiger partial charge on any atom is 0.315 e. The first-order valence-corrected chi connectivity index (χ1v) is 8.48. The number of aromatic nitrogens is 1. The molecule has 1 saturated carbocycles. The Bertz CT molecular complexity index is 595. The second-order valence-corrected chi connectivity index (χ2v) is 6.41. The molecule has 0 spiro atoms. The van der Waals surface area contributed by atoms with E-state index >= 15 is 0 Å². The van der Waals surface area contributed by atoms with Gasteiger partial charge in [0.15, 0.2) is 0 Å². The van der Waals surface area contributed by atoms with Gasteiger partial charge in [-0.05, 0) is 37.3 Å². The molecule has 2 aliphatic rings. The number of amides is 3. The number of carbonyl (C=O) groups is 2. The van der Waals surface area contributed by atoms with Crippen LogP contribution in [-0.2, 0) is 11.3 Å². The fourth-order valence-corrected chi connectivity index (χ4v) is 2.92. The number of likely N-dealkylation sites (tertiary alicyclic amines) is 1. The predicted octanol–water partition coefficient (Wildman–Crippen LogP) is 1.29. The summed E-state index contributed by atoms with van der Waals surface area (Å²) in [6, 6.07) is 3.57. The highest BCUT2D eigenvalue weighted by atomic mass is 16.5. The van der Waals surface area contributed by atoms with Gasteiger partial charge in [-0.15, -0.1) is 0 Å². The number of pyridine rings is 1. The highest BCUT2D eigenvalue weighted by Gasteiger charge is 2.35.